The molecule has 0 bridgehead atoms. The van der Waals surface area contributed by atoms with Crippen LogP contribution in [0.15, 0.2) is 12.4 Å². The number of rotatable bonds is 5. The molecule has 6 nitrogen and oxygen atoms in total. The molecule has 2 N–H and O–H groups in total. The maximum absolute atomic E-state index is 5.00. The summed E-state index contributed by atoms with van der Waals surface area (Å²) in [7, 11) is 1.61. The van der Waals surface area contributed by atoms with Gasteiger partial charge in [0.1, 0.15) is 0 Å². The normalized spacial score (nSPS) is 16.8. The summed E-state index contributed by atoms with van der Waals surface area (Å²) in [5.74, 6) is 1.33. The molecule has 0 spiro atoms. The summed E-state index contributed by atoms with van der Waals surface area (Å²) in [5, 5.41) is 6.54. The van der Waals surface area contributed by atoms with Gasteiger partial charge in [0.15, 0.2) is 5.75 Å². The zero-order valence-corrected chi connectivity index (χ0v) is 10.1. The predicted octanol–water partition coefficient (Wildman–Crippen LogP) is -0.198. The van der Waals surface area contributed by atoms with Gasteiger partial charge < -0.3 is 15.4 Å². The quantitative estimate of drug-likeness (QED) is 0.739. The molecule has 2 heterocycles. The predicted molar refractivity (Wildman–Crippen MR) is 66.4 cm³/mol. The number of anilines is 1. The van der Waals surface area contributed by atoms with Crippen LogP contribution in [0.1, 0.15) is 0 Å². The number of hydrogen-bond acceptors (Lipinski definition) is 6. The van der Waals surface area contributed by atoms with E-state index < -0.39 is 0 Å². The molecule has 0 radical (unpaired) electrons. The highest BCUT2D eigenvalue weighted by molar-refractivity contribution is 5.26. The summed E-state index contributed by atoms with van der Waals surface area (Å²) in [4.78, 5) is 10.7. The first-order valence-corrected chi connectivity index (χ1v) is 5.91. The molecule has 0 aliphatic carbocycles. The highest BCUT2D eigenvalue weighted by Crippen LogP contribution is 2.06. The fourth-order valence-corrected chi connectivity index (χ4v) is 1.77. The molecule has 1 aromatic rings. The molecular weight excluding hydrogens is 218 g/mol. The lowest BCUT2D eigenvalue weighted by atomic mass is 10.3. The van der Waals surface area contributed by atoms with E-state index in [2.05, 4.69) is 25.5 Å². The molecule has 94 valence electrons. The first-order chi connectivity index (χ1) is 8.38. The second-order valence-corrected chi connectivity index (χ2v) is 3.96. The Kier molecular flexibility index (Phi) is 4.52. The van der Waals surface area contributed by atoms with E-state index in [1.807, 2.05) is 0 Å². The summed E-state index contributed by atoms with van der Waals surface area (Å²) < 4.78 is 5.00. The average molecular weight is 237 g/mol. The van der Waals surface area contributed by atoms with Crippen molar-refractivity contribution in [2.24, 2.45) is 0 Å². The number of ether oxygens (including phenoxy) is 1. The van der Waals surface area contributed by atoms with E-state index in [-0.39, 0.29) is 0 Å². The minimum Gasteiger partial charge on any atom is -0.494 e. The van der Waals surface area contributed by atoms with Crippen molar-refractivity contribution in [3.63, 3.8) is 0 Å². The number of hydrogen-bond donors (Lipinski definition) is 2. The third-order valence-corrected chi connectivity index (χ3v) is 2.78. The van der Waals surface area contributed by atoms with Crippen molar-refractivity contribution in [2.45, 2.75) is 0 Å². The molecule has 0 amide bonds. The summed E-state index contributed by atoms with van der Waals surface area (Å²) in [6.45, 7) is 6.29. The summed E-state index contributed by atoms with van der Waals surface area (Å²) in [6, 6.07) is 0. The van der Waals surface area contributed by atoms with E-state index in [1.165, 1.54) is 0 Å². The summed E-state index contributed by atoms with van der Waals surface area (Å²) >= 11 is 0. The van der Waals surface area contributed by atoms with E-state index in [9.17, 15) is 0 Å². The van der Waals surface area contributed by atoms with Gasteiger partial charge >= 0.3 is 0 Å². The van der Waals surface area contributed by atoms with Gasteiger partial charge in [-0.15, -0.1) is 0 Å². The van der Waals surface area contributed by atoms with Crippen LogP contribution in [-0.2, 0) is 0 Å². The Morgan fingerprint density at radius 3 is 2.71 bits per heavy atom. The van der Waals surface area contributed by atoms with Gasteiger partial charge in [-0.3, -0.25) is 4.90 Å². The average Bonchev–Trinajstić information content (AvgIpc) is 2.41. The third-order valence-electron chi connectivity index (χ3n) is 2.78. The zero-order valence-electron chi connectivity index (χ0n) is 10.1. The lowest BCUT2D eigenvalue weighted by molar-refractivity contribution is 0.249. The van der Waals surface area contributed by atoms with Crippen molar-refractivity contribution in [3.05, 3.63) is 12.4 Å². The second-order valence-electron chi connectivity index (χ2n) is 3.96. The van der Waals surface area contributed by atoms with Gasteiger partial charge in [0.05, 0.1) is 19.5 Å². The Bertz CT molecular complexity index is 323. The fraction of sp³-hybridized carbons (Fsp3) is 0.636. The molecule has 6 heteroatoms. The van der Waals surface area contributed by atoms with Crippen LogP contribution in [0.2, 0.25) is 0 Å². The smallest absolute Gasteiger partial charge is 0.222 e. The molecule has 1 aromatic heterocycles. The molecule has 2 rings (SSSR count). The SMILES string of the molecule is COc1cnc(NCCN2CCNCC2)nc1. The topological polar surface area (TPSA) is 62.3 Å². The molecule has 0 saturated carbocycles. The van der Waals surface area contributed by atoms with Crippen LogP contribution in [0.5, 0.6) is 5.75 Å². The number of aromatic nitrogens is 2. The van der Waals surface area contributed by atoms with E-state index in [1.54, 1.807) is 19.5 Å². The highest BCUT2D eigenvalue weighted by Gasteiger charge is 2.08. The molecule has 0 unspecified atom stereocenters. The Morgan fingerprint density at radius 1 is 1.35 bits per heavy atom. The van der Waals surface area contributed by atoms with Crippen molar-refractivity contribution in [1.29, 1.82) is 0 Å². The van der Waals surface area contributed by atoms with Gasteiger partial charge in [0.25, 0.3) is 0 Å². The highest BCUT2D eigenvalue weighted by atomic mass is 16.5. The van der Waals surface area contributed by atoms with Crippen LogP contribution in [0.25, 0.3) is 0 Å². The minimum atomic E-state index is 0.654. The number of nitrogens with zero attached hydrogens (tertiary/aromatic N) is 3. The molecule has 0 atom stereocenters. The van der Waals surface area contributed by atoms with Gasteiger partial charge in [-0.1, -0.05) is 0 Å². The van der Waals surface area contributed by atoms with Crippen LogP contribution < -0.4 is 15.4 Å². The standard InChI is InChI=1S/C11H19N5O/c1-17-10-8-14-11(15-9-10)13-4-7-16-5-2-12-3-6-16/h8-9,12H,2-7H2,1H3,(H,13,14,15). The molecule has 17 heavy (non-hydrogen) atoms. The van der Waals surface area contributed by atoms with Gasteiger partial charge in [0, 0.05) is 39.3 Å². The number of piperazine rings is 1. The maximum atomic E-state index is 5.00. The number of methoxy groups -OCH3 is 1. The molecule has 1 aliphatic rings. The summed E-state index contributed by atoms with van der Waals surface area (Å²) in [5.41, 5.74) is 0. The first kappa shape index (κ1) is 12.1. The van der Waals surface area contributed by atoms with Crippen LogP contribution in [0.3, 0.4) is 0 Å². The van der Waals surface area contributed by atoms with Crippen LogP contribution >= 0.6 is 0 Å². The van der Waals surface area contributed by atoms with E-state index in [0.29, 0.717) is 11.7 Å². The monoisotopic (exact) mass is 237 g/mol. The van der Waals surface area contributed by atoms with E-state index in [0.717, 1.165) is 39.3 Å². The Balaban J connectivity index is 1.69. The lowest BCUT2D eigenvalue weighted by Gasteiger charge is -2.27. The van der Waals surface area contributed by atoms with E-state index >= 15 is 0 Å². The largest absolute Gasteiger partial charge is 0.494 e. The summed E-state index contributed by atoms with van der Waals surface area (Å²) in [6.07, 6.45) is 3.33. The van der Waals surface area contributed by atoms with Crippen molar-refractivity contribution in [2.75, 3.05) is 51.7 Å². The van der Waals surface area contributed by atoms with Crippen molar-refractivity contribution < 1.29 is 4.74 Å². The molecule has 1 fully saturated rings. The fourth-order valence-electron chi connectivity index (χ4n) is 1.77. The Hall–Kier alpha value is -1.40. The first-order valence-electron chi connectivity index (χ1n) is 5.91. The molecule has 1 aliphatic heterocycles. The van der Waals surface area contributed by atoms with E-state index in [4.69, 9.17) is 4.74 Å². The molecular formula is C11H19N5O. The molecule has 1 saturated heterocycles. The Morgan fingerprint density at radius 2 is 2.06 bits per heavy atom. The number of nitrogens with one attached hydrogen (secondary N) is 2. The maximum Gasteiger partial charge on any atom is 0.222 e. The zero-order chi connectivity index (χ0) is 11.9. The van der Waals surface area contributed by atoms with Gasteiger partial charge in [-0.2, -0.15) is 0 Å². The van der Waals surface area contributed by atoms with Crippen molar-refractivity contribution in [1.82, 2.24) is 20.2 Å². The second kappa shape index (κ2) is 6.36. The van der Waals surface area contributed by atoms with Gasteiger partial charge in [0.2, 0.25) is 5.95 Å². The Labute approximate surface area is 101 Å². The third kappa shape index (κ3) is 3.83. The van der Waals surface area contributed by atoms with Crippen molar-refractivity contribution >= 4 is 5.95 Å². The molecule has 0 aromatic carbocycles. The van der Waals surface area contributed by atoms with Crippen LogP contribution in [0, 0.1) is 0 Å². The van der Waals surface area contributed by atoms with Crippen molar-refractivity contribution in [3.8, 4) is 5.75 Å². The lowest BCUT2D eigenvalue weighted by Crippen LogP contribution is -2.45. The van der Waals surface area contributed by atoms with Crippen LogP contribution in [0.4, 0.5) is 5.95 Å². The van der Waals surface area contributed by atoms with Crippen LogP contribution in [-0.4, -0.2) is 61.2 Å². The van der Waals surface area contributed by atoms with Gasteiger partial charge in [-0.05, 0) is 0 Å². The van der Waals surface area contributed by atoms with Gasteiger partial charge in [-0.25, -0.2) is 9.97 Å². The minimum absolute atomic E-state index is 0.654.